The van der Waals surface area contributed by atoms with Crippen LogP contribution < -0.4 is 19.1 Å². The molecule has 0 aliphatic carbocycles. The number of nitrogens with zero attached hydrogens (tertiary/aromatic N) is 1. The molecule has 0 atom stereocenters. The summed E-state index contributed by atoms with van der Waals surface area (Å²) < 4.78 is 17.7. The van der Waals surface area contributed by atoms with E-state index in [0.717, 1.165) is 29.4 Å². The Morgan fingerprint density at radius 1 is 0.625 bits per heavy atom. The van der Waals surface area contributed by atoms with Crippen LogP contribution in [0.2, 0.25) is 0 Å². The molecule has 3 heterocycles. The SMILES string of the molecule is c1ccc(CN2c3ccccc3C3(COc4cc5c(cc43)OCO5)c3ccccc32)cc1. The van der Waals surface area contributed by atoms with Crippen LogP contribution in [0.15, 0.2) is 91.0 Å². The molecule has 4 heteroatoms. The van der Waals surface area contributed by atoms with E-state index in [-0.39, 0.29) is 6.79 Å². The molecule has 0 aromatic heterocycles. The standard InChI is InChI=1S/C28H21NO3/c1-2-8-19(9-3-1)16-29-23-12-6-4-10-20(23)28(21-11-5-7-13-24(21)29)17-30-25-15-27-26(14-22(25)28)31-18-32-27/h1-15H,16-18H2. The van der Waals surface area contributed by atoms with Crippen molar-refractivity contribution in [3.8, 4) is 17.2 Å². The molecule has 0 saturated carbocycles. The molecule has 156 valence electrons. The van der Waals surface area contributed by atoms with Crippen LogP contribution in [-0.4, -0.2) is 13.4 Å². The maximum Gasteiger partial charge on any atom is 0.231 e. The van der Waals surface area contributed by atoms with Crippen molar-refractivity contribution in [2.24, 2.45) is 0 Å². The maximum atomic E-state index is 6.33. The molecule has 4 aromatic carbocycles. The molecule has 0 fully saturated rings. The summed E-state index contributed by atoms with van der Waals surface area (Å²) in [7, 11) is 0. The lowest BCUT2D eigenvalue weighted by atomic mass is 9.67. The highest BCUT2D eigenvalue weighted by Gasteiger charge is 2.50. The van der Waals surface area contributed by atoms with E-state index < -0.39 is 5.41 Å². The van der Waals surface area contributed by atoms with Gasteiger partial charge in [0.2, 0.25) is 6.79 Å². The number of benzene rings is 4. The second-order valence-electron chi connectivity index (χ2n) is 8.50. The van der Waals surface area contributed by atoms with E-state index in [9.17, 15) is 0 Å². The van der Waals surface area contributed by atoms with Crippen molar-refractivity contribution in [3.63, 3.8) is 0 Å². The number of rotatable bonds is 2. The summed E-state index contributed by atoms with van der Waals surface area (Å²) in [5.74, 6) is 2.41. The number of fused-ring (bicyclic) bond motifs is 7. The summed E-state index contributed by atoms with van der Waals surface area (Å²) in [4.78, 5) is 2.43. The molecule has 0 amide bonds. The van der Waals surface area contributed by atoms with Crippen molar-refractivity contribution in [3.05, 3.63) is 113 Å². The highest BCUT2D eigenvalue weighted by molar-refractivity contribution is 5.82. The Hall–Kier alpha value is -3.92. The Labute approximate surface area is 186 Å². The van der Waals surface area contributed by atoms with Gasteiger partial charge in [0, 0.05) is 29.5 Å². The average Bonchev–Trinajstić information content (AvgIpc) is 3.46. The maximum absolute atomic E-state index is 6.33. The second-order valence-corrected chi connectivity index (χ2v) is 8.50. The van der Waals surface area contributed by atoms with Crippen LogP contribution in [0.3, 0.4) is 0 Å². The van der Waals surface area contributed by atoms with E-state index in [1.165, 1.54) is 28.1 Å². The van der Waals surface area contributed by atoms with Crippen LogP contribution >= 0.6 is 0 Å². The molecule has 0 bridgehead atoms. The van der Waals surface area contributed by atoms with Crippen molar-refractivity contribution in [2.75, 3.05) is 18.3 Å². The Bertz CT molecular complexity index is 1300. The van der Waals surface area contributed by atoms with Gasteiger partial charge in [0.05, 0.1) is 5.41 Å². The van der Waals surface area contributed by atoms with E-state index in [1.54, 1.807) is 0 Å². The Balaban J connectivity index is 1.48. The van der Waals surface area contributed by atoms with Gasteiger partial charge in [-0.1, -0.05) is 66.7 Å². The van der Waals surface area contributed by atoms with E-state index in [1.807, 2.05) is 6.07 Å². The van der Waals surface area contributed by atoms with Crippen molar-refractivity contribution < 1.29 is 14.2 Å². The van der Waals surface area contributed by atoms with Crippen LogP contribution in [-0.2, 0) is 12.0 Å². The second kappa shape index (κ2) is 6.54. The van der Waals surface area contributed by atoms with Gasteiger partial charge in [0.25, 0.3) is 0 Å². The summed E-state index contributed by atoms with van der Waals surface area (Å²) in [6.07, 6.45) is 0. The minimum atomic E-state index is -0.392. The summed E-state index contributed by atoms with van der Waals surface area (Å²) >= 11 is 0. The first-order valence-electron chi connectivity index (χ1n) is 10.9. The molecule has 0 saturated heterocycles. The van der Waals surface area contributed by atoms with E-state index in [4.69, 9.17) is 14.2 Å². The average molecular weight is 419 g/mol. The quantitative estimate of drug-likeness (QED) is 0.411. The van der Waals surface area contributed by atoms with Crippen LogP contribution in [0.1, 0.15) is 22.3 Å². The predicted octanol–water partition coefficient (Wildman–Crippen LogP) is 5.79. The van der Waals surface area contributed by atoms with E-state index >= 15 is 0 Å². The number of ether oxygens (including phenoxy) is 3. The lowest BCUT2D eigenvalue weighted by molar-refractivity contribution is 0.173. The smallest absolute Gasteiger partial charge is 0.231 e. The number of hydrogen-bond donors (Lipinski definition) is 0. The van der Waals surface area contributed by atoms with Gasteiger partial charge in [-0.15, -0.1) is 0 Å². The molecular formula is C28H21NO3. The lowest BCUT2D eigenvalue weighted by Crippen LogP contribution is -2.39. The largest absolute Gasteiger partial charge is 0.491 e. The predicted molar refractivity (Wildman–Crippen MR) is 123 cm³/mol. The Morgan fingerprint density at radius 2 is 1.25 bits per heavy atom. The van der Waals surface area contributed by atoms with E-state index in [0.29, 0.717) is 6.61 Å². The zero-order valence-corrected chi connectivity index (χ0v) is 17.5. The van der Waals surface area contributed by atoms with Gasteiger partial charge >= 0.3 is 0 Å². The molecule has 7 rings (SSSR count). The summed E-state index contributed by atoms with van der Waals surface area (Å²) in [5.41, 5.74) is 6.96. The van der Waals surface area contributed by atoms with Gasteiger partial charge in [-0.25, -0.2) is 0 Å². The fourth-order valence-corrected chi connectivity index (χ4v) is 5.44. The summed E-state index contributed by atoms with van der Waals surface area (Å²) in [6.45, 7) is 1.61. The molecule has 3 aliphatic rings. The molecule has 0 N–H and O–H groups in total. The molecule has 0 unspecified atom stereocenters. The molecular weight excluding hydrogens is 398 g/mol. The fourth-order valence-electron chi connectivity index (χ4n) is 5.44. The minimum absolute atomic E-state index is 0.253. The monoisotopic (exact) mass is 419 g/mol. The van der Waals surface area contributed by atoms with Gasteiger partial charge in [-0.05, 0) is 34.9 Å². The summed E-state index contributed by atoms with van der Waals surface area (Å²) in [5, 5.41) is 0. The zero-order chi connectivity index (χ0) is 21.1. The zero-order valence-electron chi connectivity index (χ0n) is 17.5. The van der Waals surface area contributed by atoms with Crippen LogP contribution in [0, 0.1) is 0 Å². The third-order valence-electron chi connectivity index (χ3n) is 6.87. The van der Waals surface area contributed by atoms with Crippen molar-refractivity contribution in [2.45, 2.75) is 12.0 Å². The van der Waals surface area contributed by atoms with Crippen LogP contribution in [0.25, 0.3) is 0 Å². The minimum Gasteiger partial charge on any atom is -0.491 e. The molecule has 1 spiro atoms. The first kappa shape index (κ1) is 17.7. The highest BCUT2D eigenvalue weighted by Crippen LogP contribution is 2.58. The summed E-state index contributed by atoms with van der Waals surface area (Å²) in [6, 6.07) is 32.1. The molecule has 32 heavy (non-hydrogen) atoms. The normalized spacial score (nSPS) is 16.3. The number of hydrogen-bond acceptors (Lipinski definition) is 4. The molecule has 4 nitrogen and oxygen atoms in total. The van der Waals surface area contributed by atoms with Gasteiger partial charge in [0.1, 0.15) is 12.4 Å². The van der Waals surface area contributed by atoms with Gasteiger partial charge in [-0.2, -0.15) is 0 Å². The lowest BCUT2D eigenvalue weighted by Gasteiger charge is -2.43. The fraction of sp³-hybridized carbons (Fsp3) is 0.143. The van der Waals surface area contributed by atoms with Crippen molar-refractivity contribution >= 4 is 11.4 Å². The highest BCUT2D eigenvalue weighted by atomic mass is 16.7. The van der Waals surface area contributed by atoms with Crippen LogP contribution in [0.4, 0.5) is 11.4 Å². The first-order chi connectivity index (χ1) is 15.8. The Kier molecular flexibility index (Phi) is 3.62. The third kappa shape index (κ3) is 2.32. The third-order valence-corrected chi connectivity index (χ3v) is 6.87. The van der Waals surface area contributed by atoms with Crippen molar-refractivity contribution in [1.82, 2.24) is 0 Å². The number of anilines is 2. The molecule has 3 aliphatic heterocycles. The first-order valence-corrected chi connectivity index (χ1v) is 10.9. The number of para-hydroxylation sites is 2. The molecule has 0 radical (unpaired) electrons. The Morgan fingerprint density at radius 3 is 1.97 bits per heavy atom. The van der Waals surface area contributed by atoms with E-state index in [2.05, 4.69) is 89.8 Å². The molecule has 4 aromatic rings. The van der Waals surface area contributed by atoms with Gasteiger partial charge in [-0.3, -0.25) is 0 Å². The van der Waals surface area contributed by atoms with Gasteiger partial charge < -0.3 is 19.1 Å². The van der Waals surface area contributed by atoms with Crippen molar-refractivity contribution in [1.29, 1.82) is 0 Å². The topological polar surface area (TPSA) is 30.9 Å². The van der Waals surface area contributed by atoms with Gasteiger partial charge in [0.15, 0.2) is 11.5 Å². The van der Waals surface area contributed by atoms with Crippen LogP contribution in [0.5, 0.6) is 17.2 Å².